The second-order valence-corrected chi connectivity index (χ2v) is 4.93. The van der Waals surface area contributed by atoms with Crippen LogP contribution in [0.4, 0.5) is 0 Å². The zero-order valence-electron chi connectivity index (χ0n) is 11.6. The van der Waals surface area contributed by atoms with Gasteiger partial charge in [-0.15, -0.1) is 0 Å². The summed E-state index contributed by atoms with van der Waals surface area (Å²) in [6.07, 6.45) is 1.62. The van der Waals surface area contributed by atoms with Crippen LogP contribution in [0.1, 0.15) is 39.1 Å². The molecule has 3 rings (SSSR count). The SMILES string of the molecule is C[C@@H](C=NN1C(=O)c2ccccc2C1=O)c1ccccc1. The van der Waals surface area contributed by atoms with Crippen molar-refractivity contribution in [3.63, 3.8) is 0 Å². The minimum absolute atomic E-state index is 0.0236. The maximum Gasteiger partial charge on any atom is 0.282 e. The van der Waals surface area contributed by atoms with Crippen molar-refractivity contribution in [2.45, 2.75) is 12.8 Å². The summed E-state index contributed by atoms with van der Waals surface area (Å²) >= 11 is 0. The summed E-state index contributed by atoms with van der Waals surface area (Å²) < 4.78 is 0. The Hall–Kier alpha value is -2.75. The first-order valence-electron chi connectivity index (χ1n) is 6.75. The molecule has 2 amide bonds. The molecule has 4 heteroatoms. The molecule has 1 aliphatic rings. The van der Waals surface area contributed by atoms with E-state index in [1.807, 2.05) is 37.3 Å². The summed E-state index contributed by atoms with van der Waals surface area (Å²) in [5.74, 6) is -0.713. The van der Waals surface area contributed by atoms with E-state index in [1.165, 1.54) is 0 Å². The number of benzene rings is 2. The van der Waals surface area contributed by atoms with E-state index in [9.17, 15) is 9.59 Å². The van der Waals surface area contributed by atoms with Gasteiger partial charge in [0.25, 0.3) is 11.8 Å². The zero-order valence-corrected chi connectivity index (χ0v) is 11.6. The lowest BCUT2D eigenvalue weighted by Gasteiger charge is -2.09. The molecule has 0 aromatic heterocycles. The van der Waals surface area contributed by atoms with Gasteiger partial charge < -0.3 is 0 Å². The van der Waals surface area contributed by atoms with E-state index < -0.39 is 0 Å². The fourth-order valence-corrected chi connectivity index (χ4v) is 2.29. The van der Waals surface area contributed by atoms with Gasteiger partial charge in [-0.3, -0.25) is 9.59 Å². The monoisotopic (exact) mass is 278 g/mol. The number of carbonyl (C=O) groups excluding carboxylic acids is 2. The molecule has 0 saturated carbocycles. The molecular formula is C17H14N2O2. The first-order chi connectivity index (χ1) is 10.2. The first kappa shape index (κ1) is 13.2. The number of hydrogen-bond donors (Lipinski definition) is 0. The lowest BCUT2D eigenvalue weighted by atomic mass is 10.0. The fraction of sp³-hybridized carbons (Fsp3) is 0.118. The molecule has 0 N–H and O–H groups in total. The molecule has 0 saturated heterocycles. The largest absolute Gasteiger partial charge is 0.282 e. The van der Waals surface area contributed by atoms with Gasteiger partial charge in [-0.25, -0.2) is 0 Å². The Morgan fingerprint density at radius 2 is 1.43 bits per heavy atom. The highest BCUT2D eigenvalue weighted by Crippen LogP contribution is 2.23. The van der Waals surface area contributed by atoms with Crippen LogP contribution in [0.15, 0.2) is 59.7 Å². The van der Waals surface area contributed by atoms with E-state index in [2.05, 4.69) is 5.10 Å². The molecule has 1 heterocycles. The van der Waals surface area contributed by atoms with E-state index in [0.717, 1.165) is 10.6 Å². The van der Waals surface area contributed by atoms with Crippen LogP contribution in [0.25, 0.3) is 0 Å². The summed E-state index contributed by atoms with van der Waals surface area (Å²) in [5, 5.41) is 5.02. The Bertz CT molecular complexity index is 688. The normalized spacial score (nSPS) is 15.6. The molecule has 0 unspecified atom stereocenters. The average molecular weight is 278 g/mol. The van der Waals surface area contributed by atoms with Gasteiger partial charge in [0, 0.05) is 12.1 Å². The lowest BCUT2D eigenvalue weighted by molar-refractivity contribution is 0.0659. The van der Waals surface area contributed by atoms with Crippen molar-refractivity contribution in [3.05, 3.63) is 71.3 Å². The van der Waals surface area contributed by atoms with Gasteiger partial charge in [-0.1, -0.05) is 49.4 Å². The number of fused-ring (bicyclic) bond motifs is 1. The van der Waals surface area contributed by atoms with Gasteiger partial charge in [-0.2, -0.15) is 10.1 Å². The van der Waals surface area contributed by atoms with Crippen molar-refractivity contribution < 1.29 is 9.59 Å². The number of imide groups is 1. The smallest absolute Gasteiger partial charge is 0.267 e. The minimum Gasteiger partial charge on any atom is -0.267 e. The summed E-state index contributed by atoms with van der Waals surface area (Å²) in [6.45, 7) is 1.97. The second kappa shape index (κ2) is 5.32. The van der Waals surface area contributed by atoms with E-state index >= 15 is 0 Å². The third kappa shape index (κ3) is 2.36. The van der Waals surface area contributed by atoms with Crippen molar-refractivity contribution in [3.8, 4) is 0 Å². The maximum atomic E-state index is 12.1. The Balaban J connectivity index is 1.82. The Labute approximate surface area is 122 Å². The molecule has 0 spiro atoms. The van der Waals surface area contributed by atoms with Crippen molar-refractivity contribution >= 4 is 18.0 Å². The van der Waals surface area contributed by atoms with Crippen LogP contribution in [0.2, 0.25) is 0 Å². The molecule has 0 bridgehead atoms. The first-order valence-corrected chi connectivity index (χ1v) is 6.75. The quantitative estimate of drug-likeness (QED) is 0.640. The third-order valence-electron chi connectivity index (χ3n) is 3.50. The van der Waals surface area contributed by atoms with Crippen LogP contribution >= 0.6 is 0 Å². The van der Waals surface area contributed by atoms with Crippen LogP contribution in [0.3, 0.4) is 0 Å². The van der Waals surface area contributed by atoms with E-state index in [0.29, 0.717) is 11.1 Å². The van der Waals surface area contributed by atoms with Gasteiger partial charge in [0.05, 0.1) is 11.1 Å². The van der Waals surface area contributed by atoms with Gasteiger partial charge in [0.15, 0.2) is 0 Å². The van der Waals surface area contributed by atoms with Gasteiger partial charge >= 0.3 is 0 Å². The molecule has 1 atom stereocenters. The van der Waals surface area contributed by atoms with Crippen molar-refractivity contribution in [1.82, 2.24) is 5.01 Å². The summed E-state index contributed by atoms with van der Waals surface area (Å²) in [4.78, 5) is 24.3. The Morgan fingerprint density at radius 3 is 2.00 bits per heavy atom. The van der Waals surface area contributed by atoms with Crippen LogP contribution in [-0.4, -0.2) is 23.0 Å². The third-order valence-corrected chi connectivity index (χ3v) is 3.50. The van der Waals surface area contributed by atoms with Gasteiger partial charge in [0.1, 0.15) is 0 Å². The number of hydrogen-bond acceptors (Lipinski definition) is 3. The predicted octanol–water partition coefficient (Wildman–Crippen LogP) is 3.07. The molecule has 104 valence electrons. The number of carbonyl (C=O) groups is 2. The minimum atomic E-state index is -0.368. The topological polar surface area (TPSA) is 49.7 Å². The Kier molecular flexibility index (Phi) is 3.36. The summed E-state index contributed by atoms with van der Waals surface area (Å²) in [6, 6.07) is 16.6. The summed E-state index contributed by atoms with van der Waals surface area (Å²) in [5.41, 5.74) is 1.90. The molecule has 0 aliphatic carbocycles. The average Bonchev–Trinajstić information content (AvgIpc) is 2.78. The number of amides is 2. The molecule has 2 aromatic carbocycles. The number of hydrazone groups is 1. The van der Waals surface area contributed by atoms with Crippen LogP contribution in [0, 0.1) is 0 Å². The van der Waals surface area contributed by atoms with E-state index in [-0.39, 0.29) is 17.7 Å². The van der Waals surface area contributed by atoms with Gasteiger partial charge in [-0.05, 0) is 17.7 Å². The highest BCUT2D eigenvalue weighted by Gasteiger charge is 2.35. The second-order valence-electron chi connectivity index (χ2n) is 4.93. The number of nitrogens with zero attached hydrogens (tertiary/aromatic N) is 2. The predicted molar refractivity (Wildman–Crippen MR) is 80.3 cm³/mol. The highest BCUT2D eigenvalue weighted by molar-refractivity contribution is 6.21. The Morgan fingerprint density at radius 1 is 0.905 bits per heavy atom. The zero-order chi connectivity index (χ0) is 14.8. The number of rotatable bonds is 3. The van der Waals surface area contributed by atoms with E-state index in [1.54, 1.807) is 30.5 Å². The summed E-state index contributed by atoms with van der Waals surface area (Å²) in [7, 11) is 0. The van der Waals surface area contributed by atoms with Crippen LogP contribution < -0.4 is 0 Å². The molecule has 0 fully saturated rings. The molecule has 2 aromatic rings. The molecular weight excluding hydrogens is 264 g/mol. The van der Waals surface area contributed by atoms with Crippen molar-refractivity contribution in [1.29, 1.82) is 0 Å². The van der Waals surface area contributed by atoms with E-state index in [4.69, 9.17) is 0 Å². The maximum absolute atomic E-state index is 12.1. The molecule has 21 heavy (non-hydrogen) atoms. The van der Waals surface area contributed by atoms with Crippen LogP contribution in [-0.2, 0) is 0 Å². The van der Waals surface area contributed by atoms with Crippen LogP contribution in [0.5, 0.6) is 0 Å². The standard InChI is InChI=1S/C17H14N2O2/c1-12(13-7-3-2-4-8-13)11-18-19-16(20)14-9-5-6-10-15(14)17(19)21/h2-12H,1H3/t12-/m0/s1. The van der Waals surface area contributed by atoms with Gasteiger partial charge in [0.2, 0.25) is 0 Å². The molecule has 0 radical (unpaired) electrons. The highest BCUT2D eigenvalue weighted by atomic mass is 16.2. The molecule has 1 aliphatic heterocycles. The fourth-order valence-electron chi connectivity index (χ4n) is 2.29. The van der Waals surface area contributed by atoms with Crippen molar-refractivity contribution in [2.75, 3.05) is 0 Å². The lowest BCUT2D eigenvalue weighted by Crippen LogP contribution is -2.24. The molecule has 4 nitrogen and oxygen atoms in total. The van der Waals surface area contributed by atoms with Crippen molar-refractivity contribution in [2.24, 2.45) is 5.10 Å².